The summed E-state index contributed by atoms with van der Waals surface area (Å²) < 4.78 is 0. The number of nitrogens with two attached hydrogens (primary N) is 1. The quantitative estimate of drug-likeness (QED) is 0.798. The molecule has 0 fully saturated rings. The van der Waals surface area contributed by atoms with Crippen molar-refractivity contribution in [1.82, 2.24) is 0 Å². The minimum Gasteiger partial charge on any atom is -0.324 e. The van der Waals surface area contributed by atoms with Crippen LogP contribution in [0.25, 0.3) is 5.57 Å². The molecular formula is C14H21N. The summed E-state index contributed by atoms with van der Waals surface area (Å²) in [7, 11) is 0. The third kappa shape index (κ3) is 2.69. The molecule has 0 radical (unpaired) electrons. The van der Waals surface area contributed by atoms with Gasteiger partial charge in [-0.3, -0.25) is 0 Å². The van der Waals surface area contributed by atoms with E-state index in [1.54, 1.807) is 0 Å². The first kappa shape index (κ1) is 12.0. The van der Waals surface area contributed by atoms with Crippen LogP contribution in [0.2, 0.25) is 0 Å². The van der Waals surface area contributed by atoms with Crippen LogP contribution in [0, 0.1) is 6.92 Å². The Morgan fingerprint density at radius 3 is 2.60 bits per heavy atom. The third-order valence-corrected chi connectivity index (χ3v) is 2.88. The maximum Gasteiger partial charge on any atom is 0.0292 e. The number of hydrogen-bond acceptors (Lipinski definition) is 1. The number of aryl methyl sites for hydroxylation is 2. The van der Waals surface area contributed by atoms with E-state index in [2.05, 4.69) is 45.5 Å². The molecule has 1 aromatic carbocycles. The largest absolute Gasteiger partial charge is 0.324 e. The van der Waals surface area contributed by atoms with Crippen molar-refractivity contribution in [2.75, 3.05) is 0 Å². The molecule has 0 saturated heterocycles. The molecule has 1 aromatic rings. The van der Waals surface area contributed by atoms with Crippen molar-refractivity contribution in [2.45, 2.75) is 39.7 Å². The Bertz CT molecular complexity index is 352. The van der Waals surface area contributed by atoms with Gasteiger partial charge >= 0.3 is 0 Å². The van der Waals surface area contributed by atoms with Gasteiger partial charge in [0.15, 0.2) is 0 Å². The fourth-order valence-electron chi connectivity index (χ4n) is 1.77. The van der Waals surface area contributed by atoms with Gasteiger partial charge in [-0.1, -0.05) is 44.2 Å². The summed E-state index contributed by atoms with van der Waals surface area (Å²) in [5.41, 5.74) is 11.0. The SMILES string of the molecule is C=C(c1ccc(C)cc1CC)C(N)CC. The normalized spacial score (nSPS) is 12.5. The van der Waals surface area contributed by atoms with Gasteiger partial charge in [0.1, 0.15) is 0 Å². The van der Waals surface area contributed by atoms with Crippen LogP contribution in [0.5, 0.6) is 0 Å². The average molecular weight is 203 g/mol. The van der Waals surface area contributed by atoms with Crippen LogP contribution in [0.15, 0.2) is 24.8 Å². The molecular weight excluding hydrogens is 182 g/mol. The van der Waals surface area contributed by atoms with E-state index in [1.807, 2.05) is 0 Å². The van der Waals surface area contributed by atoms with Gasteiger partial charge in [0.25, 0.3) is 0 Å². The molecule has 15 heavy (non-hydrogen) atoms. The highest BCUT2D eigenvalue weighted by Gasteiger charge is 2.10. The van der Waals surface area contributed by atoms with Crippen molar-refractivity contribution in [3.63, 3.8) is 0 Å². The molecule has 82 valence electrons. The Balaban J connectivity index is 3.08. The van der Waals surface area contributed by atoms with Crippen LogP contribution in [-0.4, -0.2) is 6.04 Å². The molecule has 1 unspecified atom stereocenters. The van der Waals surface area contributed by atoms with E-state index in [4.69, 9.17) is 5.73 Å². The molecule has 0 amide bonds. The molecule has 0 heterocycles. The lowest BCUT2D eigenvalue weighted by molar-refractivity contribution is 0.799. The highest BCUT2D eigenvalue weighted by atomic mass is 14.6. The second kappa shape index (κ2) is 5.13. The highest BCUT2D eigenvalue weighted by Crippen LogP contribution is 2.22. The summed E-state index contributed by atoms with van der Waals surface area (Å²) in [6, 6.07) is 6.58. The van der Waals surface area contributed by atoms with Gasteiger partial charge in [0.2, 0.25) is 0 Å². The van der Waals surface area contributed by atoms with E-state index in [9.17, 15) is 0 Å². The van der Waals surface area contributed by atoms with Crippen molar-refractivity contribution in [3.05, 3.63) is 41.5 Å². The lowest BCUT2D eigenvalue weighted by Gasteiger charge is -2.16. The minimum atomic E-state index is 0.0815. The molecule has 0 aliphatic heterocycles. The first-order chi connectivity index (χ1) is 7.10. The van der Waals surface area contributed by atoms with Crippen molar-refractivity contribution >= 4 is 5.57 Å². The molecule has 0 aliphatic carbocycles. The average Bonchev–Trinajstić information content (AvgIpc) is 2.26. The topological polar surface area (TPSA) is 26.0 Å². The fourth-order valence-corrected chi connectivity index (χ4v) is 1.77. The Kier molecular flexibility index (Phi) is 4.10. The van der Waals surface area contributed by atoms with Gasteiger partial charge in [-0.2, -0.15) is 0 Å². The molecule has 0 aliphatic rings. The van der Waals surface area contributed by atoms with E-state index in [-0.39, 0.29) is 6.04 Å². The number of benzene rings is 1. The fraction of sp³-hybridized carbons (Fsp3) is 0.429. The zero-order chi connectivity index (χ0) is 11.4. The second-order valence-corrected chi connectivity index (χ2v) is 4.05. The van der Waals surface area contributed by atoms with Gasteiger partial charge < -0.3 is 5.73 Å². The summed E-state index contributed by atoms with van der Waals surface area (Å²) in [4.78, 5) is 0. The van der Waals surface area contributed by atoms with Gasteiger partial charge in [-0.05, 0) is 36.5 Å². The molecule has 2 N–H and O–H groups in total. The van der Waals surface area contributed by atoms with E-state index < -0.39 is 0 Å². The smallest absolute Gasteiger partial charge is 0.0292 e. The third-order valence-electron chi connectivity index (χ3n) is 2.88. The Morgan fingerprint density at radius 1 is 1.40 bits per heavy atom. The zero-order valence-electron chi connectivity index (χ0n) is 10.0. The number of rotatable bonds is 4. The molecule has 0 spiro atoms. The summed E-state index contributed by atoms with van der Waals surface area (Å²) >= 11 is 0. The number of hydrogen-bond donors (Lipinski definition) is 1. The second-order valence-electron chi connectivity index (χ2n) is 4.05. The Labute approximate surface area is 93.0 Å². The first-order valence-electron chi connectivity index (χ1n) is 5.64. The molecule has 1 rings (SSSR count). The van der Waals surface area contributed by atoms with E-state index in [1.165, 1.54) is 16.7 Å². The monoisotopic (exact) mass is 203 g/mol. The van der Waals surface area contributed by atoms with Crippen LogP contribution >= 0.6 is 0 Å². The van der Waals surface area contributed by atoms with Crippen molar-refractivity contribution in [1.29, 1.82) is 0 Å². The van der Waals surface area contributed by atoms with E-state index in [0.29, 0.717) is 0 Å². The summed E-state index contributed by atoms with van der Waals surface area (Å²) in [5, 5.41) is 0. The van der Waals surface area contributed by atoms with Crippen molar-refractivity contribution in [3.8, 4) is 0 Å². The standard InChI is InChI=1S/C14H21N/c1-5-12-9-10(3)7-8-13(12)11(4)14(15)6-2/h7-9,14H,4-6,15H2,1-3H3. The van der Waals surface area contributed by atoms with Crippen LogP contribution in [0.1, 0.15) is 37.0 Å². The van der Waals surface area contributed by atoms with Gasteiger partial charge in [0.05, 0.1) is 0 Å². The molecule has 0 bridgehead atoms. The maximum absolute atomic E-state index is 6.01. The zero-order valence-corrected chi connectivity index (χ0v) is 10.0. The van der Waals surface area contributed by atoms with Gasteiger partial charge in [-0.25, -0.2) is 0 Å². The summed E-state index contributed by atoms with van der Waals surface area (Å²) in [5.74, 6) is 0. The Morgan fingerprint density at radius 2 is 2.07 bits per heavy atom. The molecule has 0 aromatic heterocycles. The van der Waals surface area contributed by atoms with Crippen molar-refractivity contribution < 1.29 is 0 Å². The van der Waals surface area contributed by atoms with Crippen LogP contribution in [0.4, 0.5) is 0 Å². The van der Waals surface area contributed by atoms with E-state index in [0.717, 1.165) is 18.4 Å². The summed E-state index contributed by atoms with van der Waals surface area (Å²) in [6.07, 6.45) is 1.97. The maximum atomic E-state index is 6.01. The lowest BCUT2D eigenvalue weighted by Crippen LogP contribution is -2.20. The lowest BCUT2D eigenvalue weighted by atomic mass is 9.92. The molecule has 1 atom stereocenters. The molecule has 1 nitrogen and oxygen atoms in total. The predicted octanol–water partition coefficient (Wildman–Crippen LogP) is 3.31. The van der Waals surface area contributed by atoms with Crippen molar-refractivity contribution in [2.24, 2.45) is 5.73 Å². The van der Waals surface area contributed by atoms with Crippen LogP contribution in [0.3, 0.4) is 0 Å². The predicted molar refractivity (Wildman–Crippen MR) is 67.9 cm³/mol. The Hall–Kier alpha value is -1.08. The summed E-state index contributed by atoms with van der Waals surface area (Å²) in [6.45, 7) is 10.5. The van der Waals surface area contributed by atoms with Gasteiger partial charge in [0, 0.05) is 6.04 Å². The van der Waals surface area contributed by atoms with Crippen LogP contribution in [-0.2, 0) is 6.42 Å². The molecule has 0 saturated carbocycles. The van der Waals surface area contributed by atoms with Crippen LogP contribution < -0.4 is 5.73 Å². The van der Waals surface area contributed by atoms with Gasteiger partial charge in [-0.15, -0.1) is 0 Å². The van der Waals surface area contributed by atoms with E-state index >= 15 is 0 Å². The highest BCUT2D eigenvalue weighted by molar-refractivity contribution is 5.70. The minimum absolute atomic E-state index is 0.0815. The molecule has 1 heteroatoms. The first-order valence-corrected chi connectivity index (χ1v) is 5.64.